The van der Waals surface area contributed by atoms with Crippen LogP contribution in [0.25, 0.3) is 0 Å². The van der Waals surface area contributed by atoms with E-state index in [4.69, 9.17) is 4.84 Å². The number of rotatable bonds is 7. The Labute approximate surface area is 70.3 Å². The second-order valence-electron chi connectivity index (χ2n) is 2.83. The molecule has 0 aromatic heterocycles. The number of hydroxylamine groups is 1. The van der Waals surface area contributed by atoms with Gasteiger partial charge >= 0.3 is 0 Å². The first-order chi connectivity index (χ1) is 5.35. The van der Waals surface area contributed by atoms with E-state index in [0.29, 0.717) is 6.04 Å². The lowest BCUT2D eigenvalue weighted by Crippen LogP contribution is -2.28. The van der Waals surface area contributed by atoms with Crippen molar-refractivity contribution in [2.45, 2.75) is 52.5 Å². The van der Waals surface area contributed by atoms with Gasteiger partial charge in [0.15, 0.2) is 0 Å². The summed E-state index contributed by atoms with van der Waals surface area (Å²) < 4.78 is 0. The van der Waals surface area contributed by atoms with Crippen molar-refractivity contribution in [1.82, 2.24) is 5.48 Å². The first kappa shape index (κ1) is 10.9. The lowest BCUT2D eigenvalue weighted by molar-refractivity contribution is 0.0199. The van der Waals surface area contributed by atoms with Gasteiger partial charge in [0.25, 0.3) is 0 Å². The molecule has 0 saturated carbocycles. The average molecular weight is 159 g/mol. The monoisotopic (exact) mass is 159 g/mol. The zero-order chi connectivity index (χ0) is 8.53. The van der Waals surface area contributed by atoms with Gasteiger partial charge in [0.05, 0.1) is 6.61 Å². The normalized spacial score (nSPS) is 10.9. The average Bonchev–Trinajstić information content (AvgIpc) is 2.01. The standard InChI is InChI=1S/C9H21NO/c1-4-7-9(8-5-2)10-11-6-3/h9-10H,4-8H2,1-3H3. The third kappa shape index (κ3) is 6.32. The topological polar surface area (TPSA) is 21.3 Å². The van der Waals surface area contributed by atoms with Crippen molar-refractivity contribution in [3.63, 3.8) is 0 Å². The van der Waals surface area contributed by atoms with Crippen molar-refractivity contribution in [2.24, 2.45) is 0 Å². The van der Waals surface area contributed by atoms with Crippen LogP contribution >= 0.6 is 0 Å². The van der Waals surface area contributed by atoms with Crippen LogP contribution in [0.15, 0.2) is 0 Å². The molecule has 0 saturated heterocycles. The number of hydrogen-bond acceptors (Lipinski definition) is 2. The molecule has 0 bridgehead atoms. The van der Waals surface area contributed by atoms with Crippen molar-refractivity contribution in [1.29, 1.82) is 0 Å². The molecule has 2 nitrogen and oxygen atoms in total. The second-order valence-corrected chi connectivity index (χ2v) is 2.83. The van der Waals surface area contributed by atoms with Gasteiger partial charge in [-0.3, -0.25) is 0 Å². The molecular formula is C9H21NO. The Morgan fingerprint density at radius 1 is 1.09 bits per heavy atom. The smallest absolute Gasteiger partial charge is 0.0654 e. The molecular weight excluding hydrogens is 138 g/mol. The van der Waals surface area contributed by atoms with Gasteiger partial charge in [0.1, 0.15) is 0 Å². The maximum Gasteiger partial charge on any atom is 0.0654 e. The van der Waals surface area contributed by atoms with Crippen LogP contribution in [-0.4, -0.2) is 12.6 Å². The Hall–Kier alpha value is -0.0800. The van der Waals surface area contributed by atoms with Gasteiger partial charge in [-0.25, -0.2) is 0 Å². The quantitative estimate of drug-likeness (QED) is 0.576. The van der Waals surface area contributed by atoms with Crippen LogP contribution in [0.2, 0.25) is 0 Å². The molecule has 0 unspecified atom stereocenters. The summed E-state index contributed by atoms with van der Waals surface area (Å²) in [5.41, 5.74) is 3.07. The SMILES string of the molecule is CCCC(CCC)NOCC. The molecule has 0 amide bonds. The van der Waals surface area contributed by atoms with Crippen molar-refractivity contribution in [2.75, 3.05) is 6.61 Å². The fourth-order valence-electron chi connectivity index (χ4n) is 1.16. The van der Waals surface area contributed by atoms with E-state index in [1.165, 1.54) is 25.7 Å². The van der Waals surface area contributed by atoms with Gasteiger partial charge < -0.3 is 4.84 Å². The Balaban J connectivity index is 3.34. The molecule has 11 heavy (non-hydrogen) atoms. The van der Waals surface area contributed by atoms with Crippen LogP contribution in [0, 0.1) is 0 Å². The van der Waals surface area contributed by atoms with Gasteiger partial charge in [-0.05, 0) is 19.8 Å². The van der Waals surface area contributed by atoms with E-state index in [1.54, 1.807) is 0 Å². The highest BCUT2D eigenvalue weighted by Crippen LogP contribution is 2.03. The van der Waals surface area contributed by atoms with E-state index < -0.39 is 0 Å². The molecule has 2 heteroatoms. The lowest BCUT2D eigenvalue weighted by atomic mass is 10.1. The zero-order valence-electron chi connectivity index (χ0n) is 8.02. The van der Waals surface area contributed by atoms with Crippen LogP contribution < -0.4 is 5.48 Å². The molecule has 0 aromatic rings. The summed E-state index contributed by atoms with van der Waals surface area (Å²) in [4.78, 5) is 5.15. The van der Waals surface area contributed by atoms with Crippen LogP contribution in [0.3, 0.4) is 0 Å². The summed E-state index contributed by atoms with van der Waals surface area (Å²) in [6, 6.07) is 0.560. The first-order valence-corrected chi connectivity index (χ1v) is 4.72. The fourth-order valence-corrected chi connectivity index (χ4v) is 1.16. The van der Waals surface area contributed by atoms with Crippen molar-refractivity contribution >= 4 is 0 Å². The van der Waals surface area contributed by atoms with Gasteiger partial charge in [0.2, 0.25) is 0 Å². The molecule has 0 heterocycles. The zero-order valence-corrected chi connectivity index (χ0v) is 8.02. The molecule has 0 fully saturated rings. The molecule has 0 aliphatic carbocycles. The van der Waals surface area contributed by atoms with Crippen molar-refractivity contribution in [3.8, 4) is 0 Å². The summed E-state index contributed by atoms with van der Waals surface area (Å²) in [5.74, 6) is 0. The van der Waals surface area contributed by atoms with E-state index in [2.05, 4.69) is 19.3 Å². The van der Waals surface area contributed by atoms with E-state index in [0.717, 1.165) is 6.61 Å². The molecule has 0 rings (SSSR count). The third-order valence-electron chi connectivity index (χ3n) is 1.67. The lowest BCUT2D eigenvalue weighted by Gasteiger charge is -2.15. The van der Waals surface area contributed by atoms with Gasteiger partial charge in [0, 0.05) is 6.04 Å². The van der Waals surface area contributed by atoms with E-state index in [9.17, 15) is 0 Å². The first-order valence-electron chi connectivity index (χ1n) is 4.72. The minimum Gasteiger partial charge on any atom is -0.302 e. The van der Waals surface area contributed by atoms with Crippen molar-refractivity contribution < 1.29 is 4.84 Å². The molecule has 68 valence electrons. The van der Waals surface area contributed by atoms with E-state index in [1.807, 2.05) is 6.92 Å². The maximum absolute atomic E-state index is 5.15. The Kier molecular flexibility index (Phi) is 7.96. The second kappa shape index (κ2) is 8.02. The molecule has 0 aliphatic heterocycles. The predicted molar refractivity (Wildman–Crippen MR) is 48.4 cm³/mol. The van der Waals surface area contributed by atoms with Crippen LogP contribution in [-0.2, 0) is 4.84 Å². The summed E-state index contributed by atoms with van der Waals surface area (Å²) in [7, 11) is 0. The van der Waals surface area contributed by atoms with E-state index in [-0.39, 0.29) is 0 Å². The molecule has 1 N–H and O–H groups in total. The Morgan fingerprint density at radius 3 is 2.00 bits per heavy atom. The largest absolute Gasteiger partial charge is 0.302 e. The van der Waals surface area contributed by atoms with Crippen LogP contribution in [0.4, 0.5) is 0 Å². The molecule has 0 aliphatic rings. The third-order valence-corrected chi connectivity index (χ3v) is 1.67. The molecule has 0 atom stereocenters. The molecule has 0 aromatic carbocycles. The predicted octanol–water partition coefficient (Wildman–Crippen LogP) is 2.50. The Bertz CT molecular complexity index is 70.0. The van der Waals surface area contributed by atoms with Crippen LogP contribution in [0.5, 0.6) is 0 Å². The summed E-state index contributed by atoms with van der Waals surface area (Å²) in [6.07, 6.45) is 4.89. The highest BCUT2D eigenvalue weighted by atomic mass is 16.6. The summed E-state index contributed by atoms with van der Waals surface area (Å²) >= 11 is 0. The maximum atomic E-state index is 5.15. The van der Waals surface area contributed by atoms with Gasteiger partial charge in [-0.1, -0.05) is 26.7 Å². The van der Waals surface area contributed by atoms with Gasteiger partial charge in [-0.2, -0.15) is 5.48 Å². The Morgan fingerprint density at radius 2 is 1.64 bits per heavy atom. The minimum atomic E-state index is 0.560. The van der Waals surface area contributed by atoms with Crippen LogP contribution in [0.1, 0.15) is 46.5 Å². The molecule has 0 spiro atoms. The summed E-state index contributed by atoms with van der Waals surface area (Å²) in [5, 5.41) is 0. The number of hydrogen-bond donors (Lipinski definition) is 1. The van der Waals surface area contributed by atoms with Gasteiger partial charge in [-0.15, -0.1) is 0 Å². The molecule has 0 radical (unpaired) electrons. The highest BCUT2D eigenvalue weighted by Gasteiger charge is 2.04. The fraction of sp³-hybridized carbons (Fsp3) is 1.00. The minimum absolute atomic E-state index is 0.560. The highest BCUT2D eigenvalue weighted by molar-refractivity contribution is 4.59. The number of nitrogens with one attached hydrogen (secondary N) is 1. The van der Waals surface area contributed by atoms with E-state index >= 15 is 0 Å². The van der Waals surface area contributed by atoms with Crippen molar-refractivity contribution in [3.05, 3.63) is 0 Å². The summed E-state index contributed by atoms with van der Waals surface area (Å²) in [6.45, 7) is 7.17.